The van der Waals surface area contributed by atoms with Gasteiger partial charge in [0.25, 0.3) is 0 Å². The topological polar surface area (TPSA) is 96.0 Å². The number of aromatic nitrogens is 3. The third-order valence-electron chi connectivity index (χ3n) is 6.73. The number of hydrogen-bond acceptors (Lipinski definition) is 6. The van der Waals surface area contributed by atoms with Crippen LogP contribution in [0.5, 0.6) is 0 Å². The van der Waals surface area contributed by atoms with Crippen LogP contribution in [-0.2, 0) is 16.0 Å². The van der Waals surface area contributed by atoms with E-state index in [4.69, 9.17) is 0 Å². The molecule has 11 heteroatoms. The lowest BCUT2D eigenvalue weighted by Crippen LogP contribution is -2.36. The summed E-state index contributed by atoms with van der Waals surface area (Å²) in [6, 6.07) is 12.8. The molecule has 1 N–H and O–H groups in total. The number of ketones is 1. The van der Waals surface area contributed by atoms with E-state index in [1.165, 1.54) is 18.3 Å². The van der Waals surface area contributed by atoms with E-state index in [-0.39, 0.29) is 22.2 Å². The number of Topliss-reactive ketones (excluding diaryl/α,β-unsaturated/α-hetero) is 1. The van der Waals surface area contributed by atoms with Crippen LogP contribution in [0.15, 0.2) is 65.8 Å². The van der Waals surface area contributed by atoms with E-state index in [1.807, 2.05) is 11.2 Å². The van der Waals surface area contributed by atoms with Gasteiger partial charge in [0.15, 0.2) is 15.6 Å². The lowest BCUT2D eigenvalue weighted by Gasteiger charge is -2.33. The zero-order valence-corrected chi connectivity index (χ0v) is 20.6. The van der Waals surface area contributed by atoms with E-state index in [0.717, 1.165) is 17.3 Å². The van der Waals surface area contributed by atoms with Gasteiger partial charge >= 0.3 is 6.18 Å². The Balaban J connectivity index is 1.37. The number of hydrogen-bond donors (Lipinski definition) is 1. The van der Waals surface area contributed by atoms with Crippen LogP contribution in [0.1, 0.15) is 28.9 Å². The molecule has 1 aliphatic rings. The predicted octanol–water partition coefficient (Wildman–Crippen LogP) is 5.15. The molecule has 2 aromatic heterocycles. The Morgan fingerprint density at radius 2 is 1.76 bits per heavy atom. The SMILES string of the molecule is CS(=O)(=O)c1ccc(C(=O)C2CCN(c3ccnc4ccc(-c5cn[nH]c5C(F)(F)F)cc34)CC2)cc1. The summed E-state index contributed by atoms with van der Waals surface area (Å²) in [4.78, 5) is 19.7. The average Bonchev–Trinajstić information content (AvgIpc) is 3.38. The third kappa shape index (κ3) is 4.95. The van der Waals surface area contributed by atoms with Crippen molar-refractivity contribution in [3.8, 4) is 11.1 Å². The number of nitrogens with one attached hydrogen (secondary N) is 1. The number of carbonyl (C=O) groups excluding carboxylic acids is 1. The molecular weight excluding hydrogens is 505 g/mol. The number of nitrogens with zero attached hydrogens (tertiary/aromatic N) is 3. The quantitative estimate of drug-likeness (QED) is 0.360. The second-order valence-corrected chi connectivity index (χ2v) is 11.2. The van der Waals surface area contributed by atoms with Gasteiger partial charge in [0.1, 0.15) is 5.69 Å². The molecular formula is C26H23F3N4O3S. The summed E-state index contributed by atoms with van der Waals surface area (Å²) < 4.78 is 63.6. The summed E-state index contributed by atoms with van der Waals surface area (Å²) in [5.74, 6) is -0.231. The minimum absolute atomic E-state index is 0.0267. The van der Waals surface area contributed by atoms with Crippen molar-refractivity contribution in [2.75, 3.05) is 24.2 Å². The van der Waals surface area contributed by atoms with Crippen LogP contribution < -0.4 is 4.90 Å². The van der Waals surface area contributed by atoms with Gasteiger partial charge in [-0.1, -0.05) is 18.2 Å². The molecule has 2 aromatic carbocycles. The molecule has 4 aromatic rings. The molecule has 37 heavy (non-hydrogen) atoms. The van der Waals surface area contributed by atoms with Crippen molar-refractivity contribution in [1.29, 1.82) is 0 Å². The fraction of sp³-hybridized carbons (Fsp3) is 0.269. The van der Waals surface area contributed by atoms with E-state index in [0.29, 0.717) is 42.6 Å². The summed E-state index contributed by atoms with van der Waals surface area (Å²) >= 11 is 0. The Morgan fingerprint density at radius 3 is 2.41 bits per heavy atom. The number of halogens is 3. The molecule has 1 aliphatic heterocycles. The summed E-state index contributed by atoms with van der Waals surface area (Å²) in [7, 11) is -3.34. The maximum atomic E-state index is 13.4. The Labute approximate surface area is 211 Å². The molecule has 0 bridgehead atoms. The lowest BCUT2D eigenvalue weighted by molar-refractivity contribution is -0.140. The average molecular weight is 529 g/mol. The number of anilines is 1. The second-order valence-electron chi connectivity index (χ2n) is 9.14. The fourth-order valence-electron chi connectivity index (χ4n) is 4.78. The second kappa shape index (κ2) is 9.29. The Hall–Kier alpha value is -3.73. The number of pyridine rings is 1. The fourth-order valence-corrected chi connectivity index (χ4v) is 5.41. The monoisotopic (exact) mass is 528 g/mol. The van der Waals surface area contributed by atoms with Crippen molar-refractivity contribution < 1.29 is 26.4 Å². The van der Waals surface area contributed by atoms with Crippen LogP contribution in [0.25, 0.3) is 22.0 Å². The van der Waals surface area contributed by atoms with Crippen LogP contribution in [0, 0.1) is 5.92 Å². The highest BCUT2D eigenvalue weighted by Crippen LogP contribution is 2.38. The number of fused-ring (bicyclic) bond motifs is 1. The van der Waals surface area contributed by atoms with Crippen molar-refractivity contribution in [1.82, 2.24) is 15.2 Å². The van der Waals surface area contributed by atoms with Gasteiger partial charge in [-0.2, -0.15) is 18.3 Å². The molecule has 0 aliphatic carbocycles. The molecule has 0 unspecified atom stereocenters. The number of piperidine rings is 1. The summed E-state index contributed by atoms with van der Waals surface area (Å²) in [5.41, 5.74) is 1.42. The standard InChI is InChI=1S/C26H23F3N4O3S/c1-37(35,36)19-5-2-16(3-6-19)24(34)17-9-12-33(13-10-17)23-8-11-30-22-7-4-18(14-20(22)23)21-15-31-32-25(21)26(27,28)29/h2-8,11,14-15,17H,9-10,12-13H2,1H3,(H,31,32). The van der Waals surface area contributed by atoms with Crippen molar-refractivity contribution in [3.63, 3.8) is 0 Å². The Bertz CT molecular complexity index is 1570. The van der Waals surface area contributed by atoms with Gasteiger partial charge in [-0.05, 0) is 48.7 Å². The number of sulfone groups is 1. The van der Waals surface area contributed by atoms with E-state index >= 15 is 0 Å². The Morgan fingerprint density at radius 1 is 1.05 bits per heavy atom. The summed E-state index contributed by atoms with van der Waals surface area (Å²) in [5, 5.41) is 6.36. The molecule has 7 nitrogen and oxygen atoms in total. The first-order valence-electron chi connectivity index (χ1n) is 11.6. The number of rotatable bonds is 5. The molecule has 3 heterocycles. The van der Waals surface area contributed by atoms with Crippen molar-refractivity contribution in [3.05, 3.63) is 72.2 Å². The van der Waals surface area contributed by atoms with Crippen molar-refractivity contribution in [2.24, 2.45) is 5.92 Å². The first-order valence-corrected chi connectivity index (χ1v) is 13.5. The van der Waals surface area contributed by atoms with Gasteiger partial charge in [-0.25, -0.2) is 8.42 Å². The normalized spacial score (nSPS) is 15.3. The lowest BCUT2D eigenvalue weighted by atomic mass is 9.88. The number of H-pyrrole nitrogens is 1. The maximum Gasteiger partial charge on any atom is 0.433 e. The number of benzene rings is 2. The van der Waals surface area contributed by atoms with Crippen LogP contribution in [-0.4, -0.2) is 48.7 Å². The molecule has 1 fully saturated rings. The van der Waals surface area contributed by atoms with Crippen molar-refractivity contribution >= 4 is 32.2 Å². The highest BCUT2D eigenvalue weighted by Gasteiger charge is 2.36. The number of alkyl halides is 3. The minimum Gasteiger partial charge on any atom is -0.371 e. The highest BCUT2D eigenvalue weighted by atomic mass is 32.2. The van der Waals surface area contributed by atoms with Gasteiger partial charge in [0.2, 0.25) is 0 Å². The highest BCUT2D eigenvalue weighted by molar-refractivity contribution is 7.90. The molecule has 1 saturated heterocycles. The first kappa shape index (κ1) is 24.9. The zero-order valence-electron chi connectivity index (χ0n) is 19.8. The molecule has 0 saturated carbocycles. The van der Waals surface area contributed by atoms with Gasteiger partial charge in [0.05, 0.1) is 16.6 Å². The molecule has 0 atom stereocenters. The predicted molar refractivity (Wildman–Crippen MR) is 133 cm³/mol. The summed E-state index contributed by atoms with van der Waals surface area (Å²) in [6.45, 7) is 1.17. The van der Waals surface area contributed by atoms with Crippen LogP contribution in [0.2, 0.25) is 0 Å². The largest absolute Gasteiger partial charge is 0.433 e. The van der Waals surface area contributed by atoms with Gasteiger partial charge in [-0.15, -0.1) is 0 Å². The van der Waals surface area contributed by atoms with Crippen LogP contribution in [0.3, 0.4) is 0 Å². The number of aromatic amines is 1. The molecule has 192 valence electrons. The van der Waals surface area contributed by atoms with Gasteiger partial charge in [0, 0.05) is 53.7 Å². The van der Waals surface area contributed by atoms with E-state index in [9.17, 15) is 26.4 Å². The van der Waals surface area contributed by atoms with E-state index in [1.54, 1.807) is 36.5 Å². The zero-order chi connectivity index (χ0) is 26.4. The van der Waals surface area contributed by atoms with E-state index < -0.39 is 21.7 Å². The van der Waals surface area contributed by atoms with Crippen LogP contribution in [0.4, 0.5) is 18.9 Å². The smallest absolute Gasteiger partial charge is 0.371 e. The molecule has 5 rings (SSSR count). The number of carbonyl (C=O) groups is 1. The maximum absolute atomic E-state index is 13.4. The molecule has 0 spiro atoms. The Kier molecular flexibility index (Phi) is 6.26. The summed E-state index contributed by atoms with van der Waals surface area (Å²) in [6.07, 6.45) is 0.580. The van der Waals surface area contributed by atoms with E-state index in [2.05, 4.69) is 15.0 Å². The van der Waals surface area contributed by atoms with Crippen LogP contribution >= 0.6 is 0 Å². The molecule has 0 radical (unpaired) electrons. The first-order chi connectivity index (χ1) is 17.5. The minimum atomic E-state index is -4.56. The van der Waals surface area contributed by atoms with Crippen molar-refractivity contribution in [2.45, 2.75) is 23.9 Å². The third-order valence-corrected chi connectivity index (χ3v) is 7.85. The van der Waals surface area contributed by atoms with Gasteiger partial charge < -0.3 is 4.90 Å². The molecule has 0 amide bonds. The van der Waals surface area contributed by atoms with Gasteiger partial charge in [-0.3, -0.25) is 14.9 Å².